The maximum atomic E-state index is 5.96. The van der Waals surface area contributed by atoms with Gasteiger partial charge in [-0.25, -0.2) is 0 Å². The lowest BCUT2D eigenvalue weighted by molar-refractivity contribution is 0.191. The van der Waals surface area contributed by atoms with Gasteiger partial charge in [-0.3, -0.25) is 0 Å². The molecule has 0 bridgehead atoms. The molecule has 1 aliphatic rings. The van der Waals surface area contributed by atoms with Gasteiger partial charge in [-0.05, 0) is 36.2 Å². The van der Waals surface area contributed by atoms with Crippen molar-refractivity contribution >= 4 is 11.3 Å². The minimum Gasteiger partial charge on any atom is -0.330 e. The fourth-order valence-corrected chi connectivity index (χ4v) is 3.29. The van der Waals surface area contributed by atoms with Gasteiger partial charge in [0.15, 0.2) is 0 Å². The van der Waals surface area contributed by atoms with E-state index in [4.69, 9.17) is 5.73 Å². The van der Waals surface area contributed by atoms with Crippen LogP contribution in [0.25, 0.3) is 0 Å². The molecule has 0 saturated heterocycles. The van der Waals surface area contributed by atoms with Crippen molar-refractivity contribution in [3.8, 4) is 0 Å². The molecule has 0 spiro atoms. The molecule has 16 heavy (non-hydrogen) atoms. The first-order valence-corrected chi connectivity index (χ1v) is 7.16. The number of hydrogen-bond acceptors (Lipinski definition) is 3. The molecule has 0 unspecified atom stereocenters. The normalized spacial score (nSPS) is 19.8. The zero-order chi connectivity index (χ0) is 11.3. The molecule has 1 aromatic rings. The Kier molecular flexibility index (Phi) is 4.38. The van der Waals surface area contributed by atoms with Crippen LogP contribution in [-0.2, 0) is 6.54 Å². The summed E-state index contributed by atoms with van der Waals surface area (Å²) in [5.41, 5.74) is 6.34. The molecule has 0 radical (unpaired) electrons. The van der Waals surface area contributed by atoms with Crippen molar-refractivity contribution < 1.29 is 0 Å². The van der Waals surface area contributed by atoms with Crippen LogP contribution in [0.1, 0.15) is 37.0 Å². The highest BCUT2D eigenvalue weighted by molar-refractivity contribution is 7.09. The predicted octanol–water partition coefficient (Wildman–Crippen LogP) is 2.75. The first-order chi connectivity index (χ1) is 7.85. The number of thiophene rings is 1. The number of rotatable bonds is 5. The molecule has 3 heteroatoms. The molecule has 90 valence electrons. The van der Waals surface area contributed by atoms with Crippen LogP contribution in [0.15, 0.2) is 17.5 Å². The first-order valence-electron chi connectivity index (χ1n) is 6.28. The molecule has 1 saturated carbocycles. The molecule has 1 fully saturated rings. The number of hydrogen-bond donors (Lipinski definition) is 2. The van der Waals surface area contributed by atoms with Gasteiger partial charge in [0, 0.05) is 18.0 Å². The summed E-state index contributed by atoms with van der Waals surface area (Å²) in [5, 5.41) is 5.71. The van der Waals surface area contributed by atoms with Crippen LogP contribution in [0.3, 0.4) is 0 Å². The summed E-state index contributed by atoms with van der Waals surface area (Å²) in [7, 11) is 0. The molecule has 2 nitrogen and oxygen atoms in total. The molecular weight excluding hydrogens is 216 g/mol. The summed E-state index contributed by atoms with van der Waals surface area (Å²) >= 11 is 1.82. The fraction of sp³-hybridized carbons (Fsp3) is 0.692. The Morgan fingerprint density at radius 2 is 2.12 bits per heavy atom. The van der Waals surface area contributed by atoms with E-state index in [-0.39, 0.29) is 0 Å². The highest BCUT2D eigenvalue weighted by Crippen LogP contribution is 2.34. The molecule has 3 N–H and O–H groups in total. The maximum absolute atomic E-state index is 5.96. The van der Waals surface area contributed by atoms with E-state index in [1.165, 1.54) is 37.0 Å². The van der Waals surface area contributed by atoms with Crippen molar-refractivity contribution in [2.45, 2.75) is 38.6 Å². The second kappa shape index (κ2) is 5.80. The predicted molar refractivity (Wildman–Crippen MR) is 70.6 cm³/mol. The van der Waals surface area contributed by atoms with Crippen LogP contribution in [0, 0.1) is 5.41 Å². The summed E-state index contributed by atoms with van der Waals surface area (Å²) in [6, 6.07) is 4.30. The fourth-order valence-electron chi connectivity index (χ4n) is 2.62. The minimum atomic E-state index is 0.384. The van der Waals surface area contributed by atoms with Crippen molar-refractivity contribution in [1.29, 1.82) is 0 Å². The quantitative estimate of drug-likeness (QED) is 0.828. The Balaban J connectivity index is 1.78. The molecular formula is C13H22N2S. The molecule has 0 atom stereocenters. The summed E-state index contributed by atoms with van der Waals surface area (Å²) in [6.07, 6.45) is 6.73. The second-order valence-corrected chi connectivity index (χ2v) is 5.98. The third kappa shape index (κ3) is 3.06. The van der Waals surface area contributed by atoms with E-state index < -0.39 is 0 Å². The maximum Gasteiger partial charge on any atom is 0.0299 e. The molecule has 0 aromatic carbocycles. The van der Waals surface area contributed by atoms with E-state index in [0.717, 1.165) is 19.6 Å². The SMILES string of the molecule is NCC1(CNCc2cccs2)CCCCC1. The van der Waals surface area contributed by atoms with Gasteiger partial charge in [0.05, 0.1) is 0 Å². The van der Waals surface area contributed by atoms with Crippen molar-refractivity contribution in [3.63, 3.8) is 0 Å². The van der Waals surface area contributed by atoms with Crippen molar-refractivity contribution in [2.24, 2.45) is 11.1 Å². The highest BCUT2D eigenvalue weighted by atomic mass is 32.1. The van der Waals surface area contributed by atoms with Gasteiger partial charge < -0.3 is 11.1 Å². The van der Waals surface area contributed by atoms with Crippen molar-refractivity contribution in [1.82, 2.24) is 5.32 Å². The Bertz CT molecular complexity index is 289. The van der Waals surface area contributed by atoms with Crippen molar-refractivity contribution in [2.75, 3.05) is 13.1 Å². The van der Waals surface area contributed by atoms with E-state index >= 15 is 0 Å². The summed E-state index contributed by atoms with van der Waals surface area (Å²) in [6.45, 7) is 2.92. The van der Waals surface area contributed by atoms with E-state index in [0.29, 0.717) is 5.41 Å². The average Bonchev–Trinajstić information content (AvgIpc) is 2.83. The van der Waals surface area contributed by atoms with Gasteiger partial charge in [0.25, 0.3) is 0 Å². The summed E-state index contributed by atoms with van der Waals surface area (Å²) in [4.78, 5) is 1.42. The van der Waals surface area contributed by atoms with Gasteiger partial charge in [0.1, 0.15) is 0 Å². The lowest BCUT2D eigenvalue weighted by Gasteiger charge is -2.36. The third-order valence-corrected chi connectivity index (χ3v) is 4.60. The van der Waals surface area contributed by atoms with Crippen LogP contribution in [-0.4, -0.2) is 13.1 Å². The standard InChI is InChI=1S/C13H22N2S/c14-10-13(6-2-1-3-7-13)11-15-9-12-5-4-8-16-12/h4-5,8,15H,1-3,6-7,9-11,14H2. The van der Waals surface area contributed by atoms with E-state index in [1.807, 2.05) is 11.3 Å². The molecule has 0 aliphatic heterocycles. The van der Waals surface area contributed by atoms with E-state index in [1.54, 1.807) is 0 Å². The Morgan fingerprint density at radius 3 is 2.75 bits per heavy atom. The molecule has 2 rings (SSSR count). The van der Waals surface area contributed by atoms with Crippen molar-refractivity contribution in [3.05, 3.63) is 22.4 Å². The van der Waals surface area contributed by atoms with E-state index in [9.17, 15) is 0 Å². The molecule has 1 heterocycles. The Hall–Kier alpha value is -0.380. The lowest BCUT2D eigenvalue weighted by Crippen LogP contribution is -2.41. The molecule has 1 aliphatic carbocycles. The summed E-state index contributed by atoms with van der Waals surface area (Å²) < 4.78 is 0. The largest absolute Gasteiger partial charge is 0.330 e. The second-order valence-electron chi connectivity index (χ2n) is 4.95. The molecule has 1 aromatic heterocycles. The topological polar surface area (TPSA) is 38.0 Å². The lowest BCUT2D eigenvalue weighted by atomic mass is 9.74. The van der Waals surface area contributed by atoms with Gasteiger partial charge in [0.2, 0.25) is 0 Å². The zero-order valence-electron chi connectivity index (χ0n) is 9.87. The smallest absolute Gasteiger partial charge is 0.0299 e. The highest BCUT2D eigenvalue weighted by Gasteiger charge is 2.29. The van der Waals surface area contributed by atoms with Gasteiger partial charge >= 0.3 is 0 Å². The van der Waals surface area contributed by atoms with Crippen LogP contribution in [0.2, 0.25) is 0 Å². The van der Waals surface area contributed by atoms with Gasteiger partial charge in [-0.15, -0.1) is 11.3 Å². The van der Waals surface area contributed by atoms with Gasteiger partial charge in [-0.1, -0.05) is 25.3 Å². The third-order valence-electron chi connectivity index (χ3n) is 3.73. The summed E-state index contributed by atoms with van der Waals surface area (Å²) in [5.74, 6) is 0. The number of nitrogens with one attached hydrogen (secondary N) is 1. The Labute approximate surface area is 102 Å². The number of nitrogens with two attached hydrogens (primary N) is 1. The molecule has 0 amide bonds. The van der Waals surface area contributed by atoms with Crippen LogP contribution >= 0.6 is 11.3 Å². The van der Waals surface area contributed by atoms with Gasteiger partial charge in [-0.2, -0.15) is 0 Å². The average molecular weight is 238 g/mol. The van der Waals surface area contributed by atoms with E-state index in [2.05, 4.69) is 22.8 Å². The van der Waals surface area contributed by atoms with Crippen LogP contribution in [0.4, 0.5) is 0 Å². The monoisotopic (exact) mass is 238 g/mol. The van der Waals surface area contributed by atoms with Crippen LogP contribution < -0.4 is 11.1 Å². The Morgan fingerprint density at radius 1 is 1.31 bits per heavy atom. The minimum absolute atomic E-state index is 0.384. The first kappa shape index (κ1) is 12.1. The van der Waals surface area contributed by atoms with Crippen LogP contribution in [0.5, 0.6) is 0 Å². The zero-order valence-corrected chi connectivity index (χ0v) is 10.7.